The van der Waals surface area contributed by atoms with Gasteiger partial charge in [0, 0.05) is 25.1 Å². The van der Waals surface area contributed by atoms with Gasteiger partial charge < -0.3 is 20.1 Å². The van der Waals surface area contributed by atoms with E-state index in [-0.39, 0.29) is 11.4 Å². The first-order valence-corrected chi connectivity index (χ1v) is 9.77. The van der Waals surface area contributed by atoms with Gasteiger partial charge in [-0.2, -0.15) is 0 Å². The highest BCUT2D eigenvalue weighted by molar-refractivity contribution is 5.75. The molecule has 0 fully saturated rings. The lowest BCUT2D eigenvalue weighted by Crippen LogP contribution is -2.36. The summed E-state index contributed by atoms with van der Waals surface area (Å²) in [5, 5.41) is 6.37. The second kappa shape index (κ2) is 13.5. The molecule has 0 spiro atoms. The normalized spacial score (nSPS) is 12.4. The Labute approximate surface area is 155 Å². The summed E-state index contributed by atoms with van der Waals surface area (Å²) in [5.41, 5.74) is 0.541. The zero-order valence-corrected chi connectivity index (χ0v) is 17.5. The third kappa shape index (κ3) is 21.3. The minimum atomic E-state index is 0.0740. The van der Waals surface area contributed by atoms with E-state index in [1.54, 1.807) is 0 Å². The average Bonchev–Trinajstić information content (AvgIpc) is 2.46. The van der Waals surface area contributed by atoms with Gasteiger partial charge in [-0.25, -0.2) is 0 Å². The van der Waals surface area contributed by atoms with Gasteiger partial charge in [0.15, 0.2) is 0 Å². The molecule has 0 aliphatic rings. The Morgan fingerprint density at radius 2 is 1.44 bits per heavy atom. The number of carbonyl (C=O) groups is 1. The van der Waals surface area contributed by atoms with E-state index in [2.05, 4.69) is 52.2 Å². The quantitative estimate of drug-likeness (QED) is 0.467. The summed E-state index contributed by atoms with van der Waals surface area (Å²) < 4.78 is 10.9. The second-order valence-electron chi connectivity index (χ2n) is 8.87. The monoisotopic (exact) mass is 358 g/mol. The highest BCUT2D eigenvalue weighted by atomic mass is 16.5. The van der Waals surface area contributed by atoms with Gasteiger partial charge in [0.25, 0.3) is 0 Å². The Hall–Kier alpha value is -0.650. The highest BCUT2D eigenvalue weighted by Crippen LogP contribution is 2.21. The summed E-state index contributed by atoms with van der Waals surface area (Å²) >= 11 is 0. The van der Waals surface area contributed by atoms with Crippen LogP contribution in [-0.4, -0.2) is 51.0 Å². The molecule has 0 unspecified atom stereocenters. The maximum absolute atomic E-state index is 11.7. The molecule has 0 aliphatic carbocycles. The van der Waals surface area contributed by atoms with Crippen molar-refractivity contribution in [2.24, 2.45) is 5.41 Å². The van der Waals surface area contributed by atoms with Crippen molar-refractivity contribution >= 4 is 5.91 Å². The van der Waals surface area contributed by atoms with Gasteiger partial charge in [-0.3, -0.25) is 4.79 Å². The van der Waals surface area contributed by atoms with Crippen LogP contribution in [0.1, 0.15) is 73.6 Å². The van der Waals surface area contributed by atoms with Gasteiger partial charge in [0.1, 0.15) is 0 Å². The standard InChI is InChI=1S/C20H42N2O3/c1-19(2,3)11-7-8-12-21-18(23)10-15-25-17-16-24-14-9-13-22-20(4,5)6/h22H,7-17H2,1-6H3,(H,21,23). The topological polar surface area (TPSA) is 59.6 Å². The Bertz CT molecular complexity index is 333. The summed E-state index contributed by atoms with van der Waals surface area (Å²) in [6, 6.07) is 0. The summed E-state index contributed by atoms with van der Waals surface area (Å²) in [6.45, 7) is 17.3. The third-order valence-electron chi connectivity index (χ3n) is 3.64. The summed E-state index contributed by atoms with van der Waals surface area (Å²) in [7, 11) is 0. The molecular formula is C20H42N2O3. The van der Waals surface area contributed by atoms with E-state index in [1.165, 1.54) is 6.42 Å². The molecule has 0 rings (SSSR count). The van der Waals surface area contributed by atoms with Crippen molar-refractivity contribution in [3.63, 3.8) is 0 Å². The molecule has 0 aromatic rings. The largest absolute Gasteiger partial charge is 0.379 e. The molecule has 0 aromatic carbocycles. The van der Waals surface area contributed by atoms with Crippen molar-refractivity contribution < 1.29 is 14.3 Å². The Kier molecular flexibility index (Phi) is 13.2. The maximum atomic E-state index is 11.7. The van der Waals surface area contributed by atoms with Crippen LogP contribution in [-0.2, 0) is 14.3 Å². The minimum absolute atomic E-state index is 0.0740. The van der Waals surface area contributed by atoms with Crippen LogP contribution in [0.2, 0.25) is 0 Å². The molecule has 2 N–H and O–H groups in total. The SMILES string of the molecule is CC(C)(C)CCCCNC(=O)CCOCCOCCCNC(C)(C)C. The number of hydrogen-bond donors (Lipinski definition) is 2. The van der Waals surface area contributed by atoms with E-state index in [1.807, 2.05) is 0 Å². The first-order valence-electron chi connectivity index (χ1n) is 9.77. The van der Waals surface area contributed by atoms with Gasteiger partial charge >= 0.3 is 0 Å². The fraction of sp³-hybridized carbons (Fsp3) is 0.950. The van der Waals surface area contributed by atoms with Crippen molar-refractivity contribution in [2.45, 2.75) is 79.2 Å². The minimum Gasteiger partial charge on any atom is -0.379 e. The number of carbonyl (C=O) groups excluding carboxylic acids is 1. The van der Waals surface area contributed by atoms with Crippen molar-refractivity contribution in [2.75, 3.05) is 39.5 Å². The van der Waals surface area contributed by atoms with E-state index < -0.39 is 0 Å². The predicted octanol–water partition coefficient (Wildman–Crippen LogP) is 3.52. The molecule has 5 heteroatoms. The fourth-order valence-corrected chi connectivity index (χ4v) is 2.22. The number of nitrogens with one attached hydrogen (secondary N) is 2. The number of ether oxygens (including phenoxy) is 2. The van der Waals surface area contributed by atoms with Crippen LogP contribution in [0.5, 0.6) is 0 Å². The van der Waals surface area contributed by atoms with Crippen molar-refractivity contribution in [1.29, 1.82) is 0 Å². The van der Waals surface area contributed by atoms with Gasteiger partial charge in [-0.15, -0.1) is 0 Å². The van der Waals surface area contributed by atoms with Crippen LogP contribution in [0.15, 0.2) is 0 Å². The Morgan fingerprint density at radius 1 is 0.800 bits per heavy atom. The maximum Gasteiger partial charge on any atom is 0.222 e. The molecule has 1 amide bonds. The Morgan fingerprint density at radius 3 is 2.04 bits per heavy atom. The van der Waals surface area contributed by atoms with Crippen molar-refractivity contribution in [1.82, 2.24) is 10.6 Å². The first-order chi connectivity index (χ1) is 11.6. The van der Waals surface area contributed by atoms with E-state index in [9.17, 15) is 4.79 Å². The van der Waals surface area contributed by atoms with Crippen LogP contribution < -0.4 is 10.6 Å². The number of amides is 1. The van der Waals surface area contributed by atoms with Crippen LogP contribution in [0.3, 0.4) is 0 Å². The molecule has 0 aromatic heterocycles. The lowest BCUT2D eigenvalue weighted by atomic mass is 9.90. The van der Waals surface area contributed by atoms with Gasteiger partial charge in [-0.05, 0) is 52.0 Å². The molecule has 0 aliphatic heterocycles. The third-order valence-corrected chi connectivity index (χ3v) is 3.64. The first kappa shape index (κ1) is 24.4. The van der Waals surface area contributed by atoms with E-state index in [0.717, 1.165) is 39.0 Å². The van der Waals surface area contributed by atoms with Crippen LogP contribution in [0, 0.1) is 5.41 Å². The number of hydrogen-bond acceptors (Lipinski definition) is 4. The fourth-order valence-electron chi connectivity index (χ4n) is 2.22. The molecular weight excluding hydrogens is 316 g/mol. The van der Waals surface area contributed by atoms with Crippen LogP contribution in [0.25, 0.3) is 0 Å². The number of unbranched alkanes of at least 4 members (excludes halogenated alkanes) is 1. The average molecular weight is 359 g/mol. The number of rotatable bonds is 14. The summed E-state index contributed by atoms with van der Waals surface area (Å²) in [4.78, 5) is 11.7. The predicted molar refractivity (Wildman–Crippen MR) is 105 cm³/mol. The van der Waals surface area contributed by atoms with Crippen LogP contribution in [0.4, 0.5) is 0 Å². The summed E-state index contributed by atoms with van der Waals surface area (Å²) in [6.07, 6.45) is 4.81. The van der Waals surface area contributed by atoms with E-state index in [0.29, 0.717) is 31.7 Å². The molecule has 0 radical (unpaired) electrons. The second-order valence-corrected chi connectivity index (χ2v) is 8.87. The van der Waals surface area contributed by atoms with Crippen molar-refractivity contribution in [3.8, 4) is 0 Å². The lowest BCUT2D eigenvalue weighted by molar-refractivity contribution is -0.122. The molecule has 0 saturated heterocycles. The summed E-state index contributed by atoms with van der Waals surface area (Å²) in [5.74, 6) is 0.0740. The van der Waals surface area contributed by atoms with Gasteiger partial charge in [0.2, 0.25) is 5.91 Å². The molecule has 5 nitrogen and oxygen atoms in total. The van der Waals surface area contributed by atoms with Gasteiger partial charge in [-0.1, -0.05) is 27.2 Å². The van der Waals surface area contributed by atoms with Crippen molar-refractivity contribution in [3.05, 3.63) is 0 Å². The van der Waals surface area contributed by atoms with Crippen LogP contribution >= 0.6 is 0 Å². The molecule has 0 atom stereocenters. The molecule has 0 heterocycles. The van der Waals surface area contributed by atoms with Gasteiger partial charge in [0.05, 0.1) is 19.8 Å². The Balaban J connectivity index is 3.27. The molecule has 150 valence electrons. The molecule has 0 bridgehead atoms. The molecule has 0 saturated carbocycles. The lowest BCUT2D eigenvalue weighted by Gasteiger charge is -2.20. The highest BCUT2D eigenvalue weighted by Gasteiger charge is 2.09. The smallest absolute Gasteiger partial charge is 0.222 e. The molecule has 25 heavy (non-hydrogen) atoms. The zero-order valence-electron chi connectivity index (χ0n) is 17.5. The van der Waals surface area contributed by atoms with E-state index in [4.69, 9.17) is 9.47 Å². The van der Waals surface area contributed by atoms with E-state index >= 15 is 0 Å². The zero-order chi connectivity index (χ0) is 19.2.